The number of aromatic hydroxyl groups is 1. The van der Waals surface area contributed by atoms with Crippen LogP contribution in [0.15, 0.2) is 53.6 Å². The molecule has 0 aliphatic heterocycles. The monoisotopic (exact) mass is 399 g/mol. The number of hydrazone groups is 1. The van der Waals surface area contributed by atoms with E-state index in [0.29, 0.717) is 17.9 Å². The molecule has 2 rings (SSSR count). The second-order valence-electron chi connectivity index (χ2n) is 5.99. The molecule has 0 aliphatic carbocycles. The Morgan fingerprint density at radius 3 is 2.59 bits per heavy atom. The minimum atomic E-state index is -0.592. The van der Waals surface area contributed by atoms with E-state index in [1.807, 2.05) is 37.3 Å². The van der Waals surface area contributed by atoms with E-state index in [0.717, 1.165) is 5.56 Å². The Kier molecular flexibility index (Phi) is 8.50. The minimum Gasteiger partial charge on any atom is -0.504 e. The Balaban J connectivity index is 1.99. The number of carbonyl (C=O) groups is 2. The van der Waals surface area contributed by atoms with Crippen molar-refractivity contribution in [3.05, 3.63) is 59.7 Å². The molecule has 2 aromatic rings. The van der Waals surface area contributed by atoms with Crippen LogP contribution in [0.1, 0.15) is 37.4 Å². The number of ether oxygens (including phenoxy) is 2. The molecule has 2 amide bonds. The van der Waals surface area contributed by atoms with Gasteiger partial charge < -0.3 is 19.9 Å². The Labute approximate surface area is 169 Å². The lowest BCUT2D eigenvalue weighted by Gasteiger charge is -2.18. The summed E-state index contributed by atoms with van der Waals surface area (Å²) in [6.45, 7) is 4.17. The van der Waals surface area contributed by atoms with Gasteiger partial charge in [-0.3, -0.25) is 4.79 Å². The van der Waals surface area contributed by atoms with Crippen LogP contribution in [0.2, 0.25) is 0 Å². The molecular weight excluding hydrogens is 374 g/mol. The van der Waals surface area contributed by atoms with E-state index in [2.05, 4.69) is 15.8 Å². The fourth-order valence-electron chi connectivity index (χ4n) is 2.54. The summed E-state index contributed by atoms with van der Waals surface area (Å²) in [4.78, 5) is 24.1. The number of hydrogen-bond donors (Lipinski definition) is 3. The molecule has 2 aromatic carbocycles. The smallest absolute Gasteiger partial charge is 0.407 e. The second kappa shape index (κ2) is 11.3. The maximum Gasteiger partial charge on any atom is 0.407 e. The Morgan fingerprint density at radius 1 is 1.14 bits per heavy atom. The van der Waals surface area contributed by atoms with Gasteiger partial charge in [0, 0.05) is 0 Å². The molecule has 0 heterocycles. The van der Waals surface area contributed by atoms with Crippen LogP contribution in [-0.2, 0) is 9.53 Å². The van der Waals surface area contributed by atoms with Gasteiger partial charge in [0.15, 0.2) is 11.5 Å². The molecule has 1 atom stereocenters. The van der Waals surface area contributed by atoms with Gasteiger partial charge in [0.05, 0.1) is 31.9 Å². The standard InChI is InChI=1S/C21H25N3O5/c1-3-28-19-12-15(10-11-18(19)25)14-22-24-20(26)13-17(23-21(27)29-4-2)16-8-6-5-7-9-16/h5-12,14,17,25H,3-4,13H2,1-2H3,(H,23,27)(H,24,26)/b22-14-/t17-/m1/s1. The number of carbonyl (C=O) groups excluding carboxylic acids is 2. The zero-order valence-corrected chi connectivity index (χ0v) is 16.4. The zero-order chi connectivity index (χ0) is 21.1. The van der Waals surface area contributed by atoms with Crippen LogP contribution in [-0.4, -0.2) is 36.5 Å². The number of nitrogens with one attached hydrogen (secondary N) is 2. The number of alkyl carbamates (subject to hydrolysis) is 1. The highest BCUT2D eigenvalue weighted by atomic mass is 16.5. The third-order valence-corrected chi connectivity index (χ3v) is 3.85. The first-order valence-electron chi connectivity index (χ1n) is 9.29. The quantitative estimate of drug-likeness (QED) is 0.443. The highest BCUT2D eigenvalue weighted by Crippen LogP contribution is 2.26. The largest absolute Gasteiger partial charge is 0.504 e. The van der Waals surface area contributed by atoms with E-state index in [1.54, 1.807) is 19.1 Å². The van der Waals surface area contributed by atoms with Crippen LogP contribution < -0.4 is 15.5 Å². The number of nitrogens with zero attached hydrogens (tertiary/aromatic N) is 1. The van der Waals surface area contributed by atoms with E-state index in [4.69, 9.17) is 9.47 Å². The predicted molar refractivity (Wildman–Crippen MR) is 109 cm³/mol. The first-order chi connectivity index (χ1) is 14.0. The lowest BCUT2D eigenvalue weighted by molar-refractivity contribution is -0.121. The summed E-state index contributed by atoms with van der Waals surface area (Å²) in [7, 11) is 0. The topological polar surface area (TPSA) is 109 Å². The van der Waals surface area contributed by atoms with Gasteiger partial charge in [-0.2, -0.15) is 5.10 Å². The molecule has 0 radical (unpaired) electrons. The first-order valence-corrected chi connectivity index (χ1v) is 9.29. The average molecular weight is 399 g/mol. The maximum atomic E-state index is 12.3. The van der Waals surface area contributed by atoms with Gasteiger partial charge in [-0.15, -0.1) is 0 Å². The lowest BCUT2D eigenvalue weighted by Crippen LogP contribution is -2.33. The van der Waals surface area contributed by atoms with Crippen molar-refractivity contribution in [1.29, 1.82) is 0 Å². The molecule has 8 heteroatoms. The van der Waals surface area contributed by atoms with Gasteiger partial charge in [-0.05, 0) is 43.2 Å². The molecular formula is C21H25N3O5. The SMILES string of the molecule is CCOC(=O)N[C@H](CC(=O)N/N=C\c1ccc(O)c(OCC)c1)c1ccccc1. The highest BCUT2D eigenvalue weighted by molar-refractivity contribution is 5.83. The van der Waals surface area contributed by atoms with Gasteiger partial charge in [-0.25, -0.2) is 10.2 Å². The van der Waals surface area contributed by atoms with Crippen molar-refractivity contribution in [3.8, 4) is 11.5 Å². The van der Waals surface area contributed by atoms with Crippen molar-refractivity contribution in [2.24, 2.45) is 5.10 Å². The third-order valence-electron chi connectivity index (χ3n) is 3.85. The van der Waals surface area contributed by atoms with E-state index in [-0.39, 0.29) is 24.7 Å². The number of rotatable bonds is 9. The molecule has 0 fully saturated rings. The molecule has 8 nitrogen and oxygen atoms in total. The van der Waals surface area contributed by atoms with Crippen LogP contribution in [0, 0.1) is 0 Å². The van der Waals surface area contributed by atoms with Crippen molar-refractivity contribution in [1.82, 2.24) is 10.7 Å². The van der Waals surface area contributed by atoms with Crippen LogP contribution in [0.4, 0.5) is 4.79 Å². The summed E-state index contributed by atoms with van der Waals surface area (Å²) in [6, 6.07) is 13.3. The average Bonchev–Trinajstić information content (AvgIpc) is 2.71. The molecule has 0 aromatic heterocycles. The van der Waals surface area contributed by atoms with Crippen molar-refractivity contribution >= 4 is 18.2 Å². The van der Waals surface area contributed by atoms with Gasteiger partial charge in [0.25, 0.3) is 0 Å². The summed E-state index contributed by atoms with van der Waals surface area (Å²) in [5.74, 6) is -0.00922. The van der Waals surface area contributed by atoms with Crippen molar-refractivity contribution in [3.63, 3.8) is 0 Å². The summed E-state index contributed by atoms with van der Waals surface area (Å²) in [5, 5.41) is 16.3. The van der Waals surface area contributed by atoms with Crippen LogP contribution in [0.5, 0.6) is 11.5 Å². The maximum absolute atomic E-state index is 12.3. The van der Waals surface area contributed by atoms with Crippen LogP contribution in [0.3, 0.4) is 0 Å². The van der Waals surface area contributed by atoms with Gasteiger partial charge in [0.2, 0.25) is 5.91 Å². The van der Waals surface area contributed by atoms with Crippen molar-refractivity contribution < 1.29 is 24.2 Å². The number of amides is 2. The van der Waals surface area contributed by atoms with Crippen LogP contribution >= 0.6 is 0 Å². The van der Waals surface area contributed by atoms with E-state index < -0.39 is 12.1 Å². The number of phenols is 1. The predicted octanol–water partition coefficient (Wildman–Crippen LogP) is 3.12. The molecule has 3 N–H and O–H groups in total. The summed E-state index contributed by atoms with van der Waals surface area (Å²) in [5.41, 5.74) is 3.86. The zero-order valence-electron chi connectivity index (χ0n) is 16.4. The number of phenolic OH excluding ortho intramolecular Hbond substituents is 1. The molecule has 0 saturated heterocycles. The third kappa shape index (κ3) is 7.17. The first kappa shape index (κ1) is 21.7. The summed E-state index contributed by atoms with van der Waals surface area (Å²) < 4.78 is 10.2. The Morgan fingerprint density at radius 2 is 1.90 bits per heavy atom. The highest BCUT2D eigenvalue weighted by Gasteiger charge is 2.18. The van der Waals surface area contributed by atoms with Gasteiger partial charge >= 0.3 is 6.09 Å². The molecule has 0 saturated carbocycles. The Hall–Kier alpha value is -3.55. The van der Waals surface area contributed by atoms with E-state index in [1.165, 1.54) is 12.3 Å². The fourth-order valence-corrected chi connectivity index (χ4v) is 2.54. The van der Waals surface area contributed by atoms with Gasteiger partial charge in [0.1, 0.15) is 0 Å². The minimum absolute atomic E-state index is 0.0139. The second-order valence-corrected chi connectivity index (χ2v) is 5.99. The molecule has 29 heavy (non-hydrogen) atoms. The molecule has 0 aliphatic rings. The lowest BCUT2D eigenvalue weighted by atomic mass is 10.0. The van der Waals surface area contributed by atoms with Gasteiger partial charge in [-0.1, -0.05) is 30.3 Å². The molecule has 0 spiro atoms. The van der Waals surface area contributed by atoms with Crippen molar-refractivity contribution in [2.75, 3.05) is 13.2 Å². The fraction of sp³-hybridized carbons (Fsp3) is 0.286. The number of benzene rings is 2. The van der Waals surface area contributed by atoms with E-state index >= 15 is 0 Å². The summed E-state index contributed by atoms with van der Waals surface area (Å²) in [6.07, 6.45) is 0.834. The Bertz CT molecular complexity index is 839. The number of hydrogen-bond acceptors (Lipinski definition) is 6. The van der Waals surface area contributed by atoms with Crippen LogP contribution in [0.25, 0.3) is 0 Å². The molecule has 154 valence electrons. The normalized spacial score (nSPS) is 11.7. The molecule has 0 bridgehead atoms. The van der Waals surface area contributed by atoms with Crippen molar-refractivity contribution in [2.45, 2.75) is 26.3 Å². The summed E-state index contributed by atoms with van der Waals surface area (Å²) >= 11 is 0. The van der Waals surface area contributed by atoms with E-state index in [9.17, 15) is 14.7 Å². The molecule has 0 unspecified atom stereocenters.